The van der Waals surface area contributed by atoms with Gasteiger partial charge in [-0.3, -0.25) is 0 Å². The van der Waals surface area contributed by atoms with Crippen molar-refractivity contribution in [1.29, 1.82) is 0 Å². The second-order valence-electron chi connectivity index (χ2n) is 7.76. The maximum atomic E-state index is 6.15. The van der Waals surface area contributed by atoms with Crippen LogP contribution in [-0.4, -0.2) is 18.1 Å². The molecule has 0 spiro atoms. The first-order valence-electron chi connectivity index (χ1n) is 7.93. The van der Waals surface area contributed by atoms with E-state index in [9.17, 15) is 0 Å². The molecule has 2 aliphatic carbocycles. The van der Waals surface area contributed by atoms with E-state index in [0.717, 1.165) is 18.5 Å². The van der Waals surface area contributed by atoms with Crippen molar-refractivity contribution < 1.29 is 0 Å². The van der Waals surface area contributed by atoms with Crippen molar-refractivity contribution in [2.45, 2.75) is 83.7 Å². The van der Waals surface area contributed by atoms with Gasteiger partial charge < -0.3 is 11.1 Å². The molecule has 0 saturated heterocycles. The molecule has 3 N–H and O–H groups in total. The van der Waals surface area contributed by atoms with Crippen molar-refractivity contribution in [2.75, 3.05) is 6.54 Å². The highest BCUT2D eigenvalue weighted by atomic mass is 15.0. The monoisotopic (exact) mass is 252 g/mol. The Morgan fingerprint density at radius 2 is 1.89 bits per heavy atom. The van der Waals surface area contributed by atoms with Gasteiger partial charge in [-0.25, -0.2) is 0 Å². The number of hydrogen-bond donors (Lipinski definition) is 2. The lowest BCUT2D eigenvalue weighted by Gasteiger charge is -2.36. The summed E-state index contributed by atoms with van der Waals surface area (Å²) in [5.74, 6) is 0.902. The fourth-order valence-corrected chi connectivity index (χ4v) is 3.91. The zero-order valence-electron chi connectivity index (χ0n) is 12.6. The zero-order valence-corrected chi connectivity index (χ0v) is 12.6. The van der Waals surface area contributed by atoms with Crippen LogP contribution in [0.15, 0.2) is 0 Å². The van der Waals surface area contributed by atoms with Gasteiger partial charge in [0, 0.05) is 18.1 Å². The van der Waals surface area contributed by atoms with Crippen molar-refractivity contribution in [2.24, 2.45) is 17.1 Å². The Morgan fingerprint density at radius 1 is 1.11 bits per heavy atom. The second kappa shape index (κ2) is 5.50. The largest absolute Gasteiger partial charge is 0.329 e. The second-order valence-corrected chi connectivity index (χ2v) is 7.76. The molecule has 0 bridgehead atoms. The lowest BCUT2D eigenvalue weighted by atomic mass is 9.83. The van der Waals surface area contributed by atoms with Gasteiger partial charge in [0.25, 0.3) is 0 Å². The Balaban J connectivity index is 1.97. The van der Waals surface area contributed by atoms with Crippen LogP contribution < -0.4 is 11.1 Å². The van der Waals surface area contributed by atoms with E-state index < -0.39 is 0 Å². The van der Waals surface area contributed by atoms with E-state index in [1.165, 1.54) is 51.4 Å². The van der Waals surface area contributed by atoms with Crippen molar-refractivity contribution in [3.05, 3.63) is 0 Å². The average Bonchev–Trinajstić information content (AvgIpc) is 2.64. The molecule has 2 heteroatoms. The normalized spacial score (nSPS) is 40.7. The number of rotatable bonds is 3. The summed E-state index contributed by atoms with van der Waals surface area (Å²) in [6.45, 7) is 8.02. The molecule has 2 rings (SSSR count). The van der Waals surface area contributed by atoms with Crippen LogP contribution in [0.5, 0.6) is 0 Å². The van der Waals surface area contributed by atoms with Crippen LogP contribution >= 0.6 is 0 Å². The first-order chi connectivity index (χ1) is 8.45. The molecule has 0 aromatic carbocycles. The molecule has 0 aromatic heterocycles. The highest BCUT2D eigenvalue weighted by Gasteiger charge is 2.37. The molecule has 0 amide bonds. The molecule has 3 unspecified atom stereocenters. The van der Waals surface area contributed by atoms with Gasteiger partial charge in [-0.1, -0.05) is 27.2 Å². The van der Waals surface area contributed by atoms with E-state index >= 15 is 0 Å². The topological polar surface area (TPSA) is 38.0 Å². The van der Waals surface area contributed by atoms with E-state index in [1.807, 2.05) is 0 Å². The van der Waals surface area contributed by atoms with Crippen molar-refractivity contribution in [3.63, 3.8) is 0 Å². The van der Waals surface area contributed by atoms with Crippen LogP contribution in [0.25, 0.3) is 0 Å². The minimum Gasteiger partial charge on any atom is -0.329 e. The third-order valence-corrected chi connectivity index (χ3v) is 5.39. The third kappa shape index (κ3) is 3.48. The van der Waals surface area contributed by atoms with Crippen molar-refractivity contribution >= 4 is 0 Å². The summed E-state index contributed by atoms with van der Waals surface area (Å²) in [5, 5.41) is 3.96. The standard InChI is InChI=1S/C16H32N2/c1-13-5-6-14(11-13)18-16(12-17)8-4-7-15(2,3)9-10-16/h13-14,18H,4-12,17H2,1-3H3. The fourth-order valence-electron chi connectivity index (χ4n) is 3.91. The van der Waals surface area contributed by atoms with Crippen LogP contribution in [0.1, 0.15) is 72.1 Å². The summed E-state index contributed by atoms with van der Waals surface area (Å²) in [5.41, 5.74) is 6.90. The minimum atomic E-state index is 0.239. The van der Waals surface area contributed by atoms with Crippen LogP contribution in [0, 0.1) is 11.3 Å². The molecule has 2 saturated carbocycles. The summed E-state index contributed by atoms with van der Waals surface area (Å²) < 4.78 is 0. The van der Waals surface area contributed by atoms with Crippen LogP contribution in [0.2, 0.25) is 0 Å². The highest BCUT2D eigenvalue weighted by molar-refractivity contribution is 4.97. The predicted molar refractivity (Wildman–Crippen MR) is 78.6 cm³/mol. The van der Waals surface area contributed by atoms with E-state index in [-0.39, 0.29) is 5.54 Å². The lowest BCUT2D eigenvalue weighted by molar-refractivity contribution is 0.241. The maximum Gasteiger partial charge on any atom is 0.0306 e. The van der Waals surface area contributed by atoms with Crippen LogP contribution in [0.3, 0.4) is 0 Å². The molecule has 18 heavy (non-hydrogen) atoms. The van der Waals surface area contributed by atoms with Gasteiger partial charge in [0.1, 0.15) is 0 Å². The van der Waals surface area contributed by atoms with Gasteiger partial charge in [-0.2, -0.15) is 0 Å². The number of hydrogen-bond acceptors (Lipinski definition) is 2. The smallest absolute Gasteiger partial charge is 0.0306 e. The highest BCUT2D eigenvalue weighted by Crippen LogP contribution is 2.39. The van der Waals surface area contributed by atoms with E-state index in [1.54, 1.807) is 0 Å². The average molecular weight is 252 g/mol. The quantitative estimate of drug-likeness (QED) is 0.755. The van der Waals surface area contributed by atoms with Gasteiger partial charge in [-0.15, -0.1) is 0 Å². The van der Waals surface area contributed by atoms with Crippen LogP contribution in [0.4, 0.5) is 0 Å². The summed E-state index contributed by atoms with van der Waals surface area (Å²) in [6.07, 6.45) is 10.6. The third-order valence-electron chi connectivity index (χ3n) is 5.39. The SMILES string of the molecule is CC1CCC(NC2(CN)CCCC(C)(C)CC2)C1. The summed E-state index contributed by atoms with van der Waals surface area (Å²) in [4.78, 5) is 0. The Kier molecular flexibility index (Phi) is 4.38. The van der Waals surface area contributed by atoms with Crippen molar-refractivity contribution in [1.82, 2.24) is 5.32 Å². The molecule has 3 atom stereocenters. The van der Waals surface area contributed by atoms with Gasteiger partial charge in [0.15, 0.2) is 0 Å². The molecule has 2 aliphatic rings. The van der Waals surface area contributed by atoms with Crippen molar-refractivity contribution in [3.8, 4) is 0 Å². The predicted octanol–water partition coefficient (Wildman–Crippen LogP) is 3.45. The molecule has 0 aliphatic heterocycles. The summed E-state index contributed by atoms with van der Waals surface area (Å²) >= 11 is 0. The van der Waals surface area contributed by atoms with Crippen LogP contribution in [-0.2, 0) is 0 Å². The molecule has 0 heterocycles. The number of nitrogens with two attached hydrogens (primary N) is 1. The molecule has 2 nitrogen and oxygen atoms in total. The Labute approximate surface area is 113 Å². The van der Waals surface area contributed by atoms with E-state index in [4.69, 9.17) is 5.73 Å². The molecule has 0 radical (unpaired) electrons. The minimum absolute atomic E-state index is 0.239. The van der Waals surface area contributed by atoms with Gasteiger partial charge in [0.05, 0.1) is 0 Å². The molecule has 106 valence electrons. The Morgan fingerprint density at radius 3 is 2.50 bits per heavy atom. The first-order valence-corrected chi connectivity index (χ1v) is 7.93. The fraction of sp³-hybridized carbons (Fsp3) is 1.00. The van der Waals surface area contributed by atoms with Gasteiger partial charge in [-0.05, 0) is 56.3 Å². The molecular weight excluding hydrogens is 220 g/mol. The van der Waals surface area contributed by atoms with Gasteiger partial charge >= 0.3 is 0 Å². The lowest BCUT2D eigenvalue weighted by Crippen LogP contribution is -2.54. The Bertz CT molecular complexity index is 274. The Hall–Kier alpha value is -0.0800. The maximum absolute atomic E-state index is 6.15. The molecule has 0 aromatic rings. The number of nitrogens with one attached hydrogen (secondary N) is 1. The summed E-state index contributed by atoms with van der Waals surface area (Å²) in [6, 6.07) is 0.727. The van der Waals surface area contributed by atoms with E-state index in [2.05, 4.69) is 26.1 Å². The summed E-state index contributed by atoms with van der Waals surface area (Å²) in [7, 11) is 0. The molecule has 2 fully saturated rings. The van der Waals surface area contributed by atoms with Gasteiger partial charge in [0.2, 0.25) is 0 Å². The molecular formula is C16H32N2. The van der Waals surface area contributed by atoms with E-state index in [0.29, 0.717) is 5.41 Å². The first kappa shape index (κ1) is 14.3. The zero-order chi connectivity index (χ0) is 13.2.